The third-order valence-electron chi connectivity index (χ3n) is 3.50. The van der Waals surface area contributed by atoms with Gasteiger partial charge in [0.1, 0.15) is 0 Å². The average Bonchev–Trinajstić information content (AvgIpc) is 2.58. The van der Waals surface area contributed by atoms with Gasteiger partial charge in [-0.05, 0) is 26.4 Å². The molecular weight excluding hydrogens is 188 g/mol. The number of carbonyl (C=O) groups is 1. The number of amides is 1. The second kappa shape index (κ2) is 4.97. The Morgan fingerprint density at radius 3 is 2.27 bits per heavy atom. The number of nitrogens with zero attached hydrogens (tertiary/aromatic N) is 2. The monoisotopic (exact) mass is 212 g/mol. The first-order valence-electron chi connectivity index (χ1n) is 6.04. The quantitative estimate of drug-likeness (QED) is 0.609. The van der Waals surface area contributed by atoms with E-state index in [1.165, 1.54) is 19.5 Å². The maximum atomic E-state index is 11.3. The summed E-state index contributed by atoms with van der Waals surface area (Å²) in [7, 11) is 4.10. The Morgan fingerprint density at radius 1 is 1.13 bits per heavy atom. The van der Waals surface area contributed by atoms with Gasteiger partial charge in [-0.3, -0.25) is 4.79 Å². The summed E-state index contributed by atoms with van der Waals surface area (Å²) in [6, 6.07) is 0. The zero-order valence-electron chi connectivity index (χ0n) is 10.5. The van der Waals surface area contributed by atoms with Crippen molar-refractivity contribution in [3.05, 3.63) is 0 Å². The second-order valence-electron chi connectivity index (χ2n) is 4.74. The lowest BCUT2D eigenvalue weighted by Gasteiger charge is -2.38. The summed E-state index contributed by atoms with van der Waals surface area (Å²) in [6.07, 6.45) is 3.12. The van der Waals surface area contributed by atoms with Crippen LogP contribution in [0.25, 0.3) is 0 Å². The van der Waals surface area contributed by atoms with E-state index in [2.05, 4.69) is 11.9 Å². The average molecular weight is 212 g/mol. The molecule has 1 atom stereocenters. The highest BCUT2D eigenvalue weighted by molar-refractivity contribution is 5.76. The van der Waals surface area contributed by atoms with Gasteiger partial charge in [-0.15, -0.1) is 0 Å². The van der Waals surface area contributed by atoms with Crippen LogP contribution in [0.3, 0.4) is 0 Å². The van der Waals surface area contributed by atoms with E-state index in [9.17, 15) is 4.79 Å². The Kier molecular flexibility index (Phi) is 4.14. The van der Waals surface area contributed by atoms with Gasteiger partial charge in [0, 0.05) is 32.0 Å². The minimum Gasteiger partial charge on any atom is -0.345 e. The van der Waals surface area contributed by atoms with Gasteiger partial charge in [-0.25, -0.2) is 0 Å². The molecule has 3 heteroatoms. The van der Waals surface area contributed by atoms with E-state index in [1.807, 2.05) is 25.8 Å². The minimum atomic E-state index is 0.320. The molecule has 0 aromatic heterocycles. The third kappa shape index (κ3) is 2.71. The summed E-state index contributed by atoms with van der Waals surface area (Å²) in [4.78, 5) is 15.6. The van der Waals surface area contributed by atoms with Crippen LogP contribution in [0.2, 0.25) is 0 Å². The van der Waals surface area contributed by atoms with Crippen molar-refractivity contribution >= 4 is 5.91 Å². The minimum absolute atomic E-state index is 0.320. The molecule has 88 valence electrons. The molecule has 2 heterocycles. The van der Waals surface area contributed by atoms with Crippen molar-refractivity contribution in [2.75, 3.05) is 33.7 Å². The van der Waals surface area contributed by atoms with Crippen LogP contribution in [0.5, 0.6) is 0 Å². The molecule has 2 aliphatic heterocycles. The number of piperidine rings is 1. The smallest absolute Gasteiger partial charge is 0.222 e. The fourth-order valence-corrected chi connectivity index (χ4v) is 2.73. The normalized spacial score (nSPS) is 31.7. The van der Waals surface area contributed by atoms with Gasteiger partial charge in [0.2, 0.25) is 5.91 Å². The summed E-state index contributed by atoms with van der Waals surface area (Å²) in [5.41, 5.74) is 0.428. The van der Waals surface area contributed by atoms with Crippen LogP contribution in [0.4, 0.5) is 0 Å². The van der Waals surface area contributed by atoms with E-state index in [-0.39, 0.29) is 0 Å². The topological polar surface area (TPSA) is 23.6 Å². The number of hydrogen-bond donors (Lipinski definition) is 0. The van der Waals surface area contributed by atoms with Gasteiger partial charge in [0.25, 0.3) is 0 Å². The summed E-state index contributed by atoms with van der Waals surface area (Å²) in [6.45, 7) is 7.34. The van der Waals surface area contributed by atoms with E-state index in [1.54, 1.807) is 0 Å². The molecule has 2 fully saturated rings. The lowest BCUT2D eigenvalue weighted by atomic mass is 9.79. The molecule has 2 aliphatic rings. The van der Waals surface area contributed by atoms with Crippen LogP contribution in [-0.4, -0.2) is 49.4 Å². The lowest BCUT2D eigenvalue weighted by molar-refractivity contribution is -0.135. The molecule has 0 aromatic carbocycles. The van der Waals surface area contributed by atoms with Crippen molar-refractivity contribution in [1.29, 1.82) is 0 Å². The van der Waals surface area contributed by atoms with Crippen LogP contribution in [0, 0.1) is 5.41 Å². The molecule has 1 unspecified atom stereocenters. The molecule has 0 saturated carbocycles. The van der Waals surface area contributed by atoms with Crippen LogP contribution in [0.1, 0.15) is 33.1 Å². The van der Waals surface area contributed by atoms with Crippen LogP contribution in [0.15, 0.2) is 0 Å². The van der Waals surface area contributed by atoms with Crippen molar-refractivity contribution < 1.29 is 4.79 Å². The Morgan fingerprint density at radius 2 is 1.80 bits per heavy atom. The molecule has 2 rings (SSSR count). The molecule has 0 radical (unpaired) electrons. The fourth-order valence-electron chi connectivity index (χ4n) is 2.73. The maximum absolute atomic E-state index is 11.3. The summed E-state index contributed by atoms with van der Waals surface area (Å²) < 4.78 is 0. The molecule has 2 saturated heterocycles. The molecule has 1 amide bonds. The molecular formula is C12H24N2O. The summed E-state index contributed by atoms with van der Waals surface area (Å²) in [5.74, 6) is 0.320. The Balaban J connectivity index is 0.000000531. The highest BCUT2D eigenvalue weighted by atomic mass is 16.2. The largest absolute Gasteiger partial charge is 0.345 e. The molecule has 0 N–H and O–H groups in total. The maximum Gasteiger partial charge on any atom is 0.222 e. The first-order chi connectivity index (χ1) is 7.11. The number of hydrogen-bond acceptors (Lipinski definition) is 2. The lowest BCUT2D eigenvalue weighted by Crippen LogP contribution is -2.45. The Bertz CT molecular complexity index is 230. The van der Waals surface area contributed by atoms with E-state index in [4.69, 9.17) is 0 Å². The van der Waals surface area contributed by atoms with Crippen LogP contribution in [-0.2, 0) is 4.79 Å². The summed E-state index contributed by atoms with van der Waals surface area (Å²) >= 11 is 0. The van der Waals surface area contributed by atoms with Crippen LogP contribution < -0.4 is 0 Å². The Labute approximate surface area is 93.4 Å². The van der Waals surface area contributed by atoms with Gasteiger partial charge in [0.05, 0.1) is 0 Å². The van der Waals surface area contributed by atoms with E-state index < -0.39 is 0 Å². The molecule has 0 aromatic rings. The van der Waals surface area contributed by atoms with Crippen molar-refractivity contribution in [3.8, 4) is 0 Å². The molecule has 0 aliphatic carbocycles. The highest BCUT2D eigenvalue weighted by Gasteiger charge is 2.41. The number of likely N-dealkylation sites (tertiary alicyclic amines) is 2. The fraction of sp³-hybridized carbons (Fsp3) is 0.917. The first kappa shape index (κ1) is 12.5. The summed E-state index contributed by atoms with van der Waals surface area (Å²) in [5, 5.41) is 0. The van der Waals surface area contributed by atoms with Gasteiger partial charge in [0.15, 0.2) is 0 Å². The number of rotatable bonds is 0. The van der Waals surface area contributed by atoms with Crippen molar-refractivity contribution in [2.24, 2.45) is 5.41 Å². The van der Waals surface area contributed by atoms with Gasteiger partial charge in [-0.1, -0.05) is 13.8 Å². The first-order valence-corrected chi connectivity index (χ1v) is 6.04. The third-order valence-corrected chi connectivity index (χ3v) is 3.50. The predicted octanol–water partition coefficient (Wildman–Crippen LogP) is 1.59. The Hall–Kier alpha value is -0.570. The van der Waals surface area contributed by atoms with Crippen molar-refractivity contribution in [2.45, 2.75) is 33.1 Å². The second-order valence-corrected chi connectivity index (χ2v) is 4.74. The van der Waals surface area contributed by atoms with E-state index in [0.717, 1.165) is 19.4 Å². The molecule has 0 bridgehead atoms. The van der Waals surface area contributed by atoms with Crippen molar-refractivity contribution in [1.82, 2.24) is 9.80 Å². The standard InChI is InChI=1S/C10H18N2O.C2H6/c1-11-6-5-10(7-11)4-3-9(13)12(2)8-10;1-2/h3-8H2,1-2H3;1-2H3. The number of carbonyl (C=O) groups excluding carboxylic acids is 1. The van der Waals surface area contributed by atoms with E-state index in [0.29, 0.717) is 11.3 Å². The predicted molar refractivity (Wildman–Crippen MR) is 62.8 cm³/mol. The molecule has 1 spiro atoms. The van der Waals surface area contributed by atoms with Gasteiger partial charge < -0.3 is 9.80 Å². The highest BCUT2D eigenvalue weighted by Crippen LogP contribution is 2.38. The van der Waals surface area contributed by atoms with Crippen LogP contribution >= 0.6 is 0 Å². The van der Waals surface area contributed by atoms with Crippen molar-refractivity contribution in [3.63, 3.8) is 0 Å². The van der Waals surface area contributed by atoms with Gasteiger partial charge >= 0.3 is 0 Å². The molecule has 15 heavy (non-hydrogen) atoms. The molecule has 3 nitrogen and oxygen atoms in total. The van der Waals surface area contributed by atoms with Gasteiger partial charge in [-0.2, -0.15) is 0 Å². The SMILES string of the molecule is CC.CN1CCC2(CCC(=O)N(C)C2)C1. The zero-order valence-corrected chi connectivity index (χ0v) is 10.5. The van der Waals surface area contributed by atoms with E-state index >= 15 is 0 Å². The zero-order chi connectivity index (χ0) is 11.5.